The topological polar surface area (TPSA) is 87.8 Å². The molecule has 0 amide bonds. The van der Waals surface area contributed by atoms with E-state index in [1.807, 2.05) is 24.3 Å². The second-order valence-electron chi connectivity index (χ2n) is 8.19. The molecule has 2 heterocycles. The van der Waals surface area contributed by atoms with Crippen LogP contribution in [0, 0.1) is 0 Å². The molecule has 2 aliphatic rings. The Morgan fingerprint density at radius 1 is 1.19 bits per heavy atom. The van der Waals surface area contributed by atoms with Gasteiger partial charge in [0.05, 0.1) is 19.8 Å². The van der Waals surface area contributed by atoms with Crippen molar-refractivity contribution in [3.63, 3.8) is 0 Å². The molecule has 1 aromatic heterocycles. The predicted octanol–water partition coefficient (Wildman–Crippen LogP) is 3.09. The van der Waals surface area contributed by atoms with E-state index in [0.717, 1.165) is 44.4 Å². The monoisotopic (exact) mass is 446 g/mol. The van der Waals surface area contributed by atoms with Crippen LogP contribution in [-0.4, -0.2) is 66.4 Å². The lowest BCUT2D eigenvalue weighted by molar-refractivity contribution is -0.0352. The lowest BCUT2D eigenvalue weighted by Gasteiger charge is -2.48. The lowest BCUT2D eigenvalue weighted by atomic mass is 9.80. The summed E-state index contributed by atoms with van der Waals surface area (Å²) in [5.74, 6) is 1.76. The quantitative estimate of drug-likeness (QED) is 0.520. The number of morpholine rings is 1. The van der Waals surface area contributed by atoms with E-state index < -0.39 is 0 Å². The first-order valence-corrected chi connectivity index (χ1v) is 11.4. The summed E-state index contributed by atoms with van der Waals surface area (Å²) in [6.07, 6.45) is 6.30. The molecule has 0 spiro atoms. The highest BCUT2D eigenvalue weighted by Crippen LogP contribution is 2.33. The zero-order chi connectivity index (χ0) is 21.5. The number of nitrogens with zero attached hydrogens (tertiary/aromatic N) is 4. The van der Waals surface area contributed by atoms with Gasteiger partial charge in [0.15, 0.2) is 5.96 Å². The third-order valence-corrected chi connectivity index (χ3v) is 6.47. The van der Waals surface area contributed by atoms with Gasteiger partial charge in [-0.15, -0.1) is 0 Å². The second kappa shape index (κ2) is 10.4. The Hall–Kier alpha value is -2.16. The number of ether oxygens (including phenoxy) is 1. The van der Waals surface area contributed by atoms with Crippen LogP contribution in [0.3, 0.4) is 0 Å². The summed E-state index contributed by atoms with van der Waals surface area (Å²) < 4.78 is 11.0. The number of hydrogen-bond acceptors (Lipinski definition) is 6. The minimum absolute atomic E-state index is 0.171. The average Bonchev–Trinajstić information content (AvgIpc) is 3.30. The van der Waals surface area contributed by atoms with Crippen LogP contribution in [0.5, 0.6) is 0 Å². The van der Waals surface area contributed by atoms with Gasteiger partial charge in [-0.25, -0.2) is 0 Å². The highest BCUT2D eigenvalue weighted by molar-refractivity contribution is 6.30. The normalized spacial score (nSPS) is 19.9. The van der Waals surface area contributed by atoms with Crippen LogP contribution in [0.15, 0.2) is 33.8 Å². The van der Waals surface area contributed by atoms with Crippen molar-refractivity contribution in [3.05, 3.63) is 35.2 Å². The van der Waals surface area contributed by atoms with E-state index in [1.165, 1.54) is 32.1 Å². The summed E-state index contributed by atoms with van der Waals surface area (Å²) in [7, 11) is 1.78. The molecule has 2 aromatic rings. The maximum absolute atomic E-state index is 6.06. The lowest BCUT2D eigenvalue weighted by Crippen LogP contribution is -2.60. The third kappa shape index (κ3) is 5.56. The molecular weight excluding hydrogens is 416 g/mol. The molecule has 0 unspecified atom stereocenters. The number of halogens is 1. The molecule has 168 valence electrons. The molecule has 1 aliphatic heterocycles. The number of aromatic nitrogens is 2. The van der Waals surface area contributed by atoms with Crippen molar-refractivity contribution in [1.29, 1.82) is 0 Å². The van der Waals surface area contributed by atoms with E-state index >= 15 is 0 Å². The number of guanidine groups is 1. The smallest absolute Gasteiger partial charge is 0.246 e. The predicted molar refractivity (Wildman–Crippen MR) is 121 cm³/mol. The van der Waals surface area contributed by atoms with E-state index in [9.17, 15) is 0 Å². The zero-order valence-electron chi connectivity index (χ0n) is 18.1. The SMILES string of the molecule is CN=C(NCc1nc(-c2cccc(Cl)c2)no1)NCC1(N2CCOCC2)CCCCC1. The number of hydrogen-bond donors (Lipinski definition) is 2. The van der Waals surface area contributed by atoms with Gasteiger partial charge < -0.3 is 19.9 Å². The van der Waals surface area contributed by atoms with Crippen molar-refractivity contribution in [3.8, 4) is 11.4 Å². The highest BCUT2D eigenvalue weighted by atomic mass is 35.5. The Kier molecular flexibility index (Phi) is 7.42. The summed E-state index contributed by atoms with van der Waals surface area (Å²) in [5, 5.41) is 11.5. The van der Waals surface area contributed by atoms with Crippen molar-refractivity contribution in [1.82, 2.24) is 25.7 Å². The zero-order valence-corrected chi connectivity index (χ0v) is 18.8. The number of benzene rings is 1. The first-order valence-electron chi connectivity index (χ1n) is 11.0. The van der Waals surface area contributed by atoms with Gasteiger partial charge in [0, 0.05) is 42.8 Å². The van der Waals surface area contributed by atoms with Gasteiger partial charge in [0.25, 0.3) is 0 Å². The van der Waals surface area contributed by atoms with E-state index in [0.29, 0.717) is 23.3 Å². The Labute approximate surface area is 188 Å². The molecule has 0 atom stereocenters. The van der Waals surface area contributed by atoms with Crippen molar-refractivity contribution < 1.29 is 9.26 Å². The van der Waals surface area contributed by atoms with Crippen LogP contribution in [0.1, 0.15) is 38.0 Å². The highest BCUT2D eigenvalue weighted by Gasteiger charge is 2.38. The molecule has 4 rings (SSSR count). The molecule has 1 saturated carbocycles. The molecule has 31 heavy (non-hydrogen) atoms. The van der Waals surface area contributed by atoms with Crippen LogP contribution in [0.25, 0.3) is 11.4 Å². The first kappa shape index (κ1) is 22.0. The van der Waals surface area contributed by atoms with Gasteiger partial charge in [-0.3, -0.25) is 9.89 Å². The van der Waals surface area contributed by atoms with Crippen LogP contribution in [-0.2, 0) is 11.3 Å². The third-order valence-electron chi connectivity index (χ3n) is 6.23. The molecule has 0 bridgehead atoms. The van der Waals surface area contributed by atoms with Crippen molar-refractivity contribution in [2.75, 3.05) is 39.9 Å². The molecule has 1 saturated heterocycles. The fourth-order valence-electron chi connectivity index (χ4n) is 4.55. The summed E-state index contributed by atoms with van der Waals surface area (Å²) in [4.78, 5) is 11.5. The van der Waals surface area contributed by atoms with E-state index in [4.69, 9.17) is 20.9 Å². The minimum atomic E-state index is 0.171. The summed E-state index contributed by atoms with van der Waals surface area (Å²) >= 11 is 6.06. The molecule has 1 aliphatic carbocycles. The number of nitrogens with one attached hydrogen (secondary N) is 2. The Morgan fingerprint density at radius 3 is 2.74 bits per heavy atom. The summed E-state index contributed by atoms with van der Waals surface area (Å²) in [5.41, 5.74) is 0.999. The molecule has 2 N–H and O–H groups in total. The van der Waals surface area contributed by atoms with E-state index in [1.54, 1.807) is 7.05 Å². The molecular formula is C22H31ClN6O2. The standard InChI is InChI=1S/C22H31ClN6O2/c1-24-21(25-15-19-27-20(28-31-19)17-6-5-7-18(23)14-17)26-16-22(8-3-2-4-9-22)29-10-12-30-13-11-29/h5-7,14H,2-4,8-13,15-16H2,1H3,(H2,24,25,26). The summed E-state index contributed by atoms with van der Waals surface area (Å²) in [6, 6.07) is 7.41. The van der Waals surface area contributed by atoms with Crippen LogP contribution in [0.4, 0.5) is 0 Å². The fraction of sp³-hybridized carbons (Fsp3) is 0.591. The number of rotatable bonds is 6. The Morgan fingerprint density at radius 2 is 2.00 bits per heavy atom. The van der Waals surface area contributed by atoms with E-state index in [-0.39, 0.29) is 5.54 Å². The number of aliphatic imine (C=N–C) groups is 1. The largest absolute Gasteiger partial charge is 0.379 e. The van der Waals surface area contributed by atoms with Gasteiger partial charge in [-0.2, -0.15) is 4.98 Å². The van der Waals surface area contributed by atoms with Gasteiger partial charge in [-0.1, -0.05) is 48.2 Å². The van der Waals surface area contributed by atoms with Crippen molar-refractivity contribution in [2.24, 2.45) is 4.99 Å². The van der Waals surface area contributed by atoms with Gasteiger partial charge in [0.2, 0.25) is 11.7 Å². The maximum Gasteiger partial charge on any atom is 0.246 e. The molecule has 9 heteroatoms. The molecule has 0 radical (unpaired) electrons. The van der Waals surface area contributed by atoms with Crippen molar-refractivity contribution >= 4 is 17.6 Å². The van der Waals surface area contributed by atoms with Crippen LogP contribution in [0.2, 0.25) is 5.02 Å². The van der Waals surface area contributed by atoms with Gasteiger partial charge in [0.1, 0.15) is 0 Å². The van der Waals surface area contributed by atoms with Crippen LogP contribution >= 0.6 is 11.6 Å². The van der Waals surface area contributed by atoms with Gasteiger partial charge in [-0.05, 0) is 25.0 Å². The molecule has 1 aromatic carbocycles. The van der Waals surface area contributed by atoms with E-state index in [2.05, 4.69) is 30.7 Å². The molecule has 2 fully saturated rings. The average molecular weight is 447 g/mol. The maximum atomic E-state index is 6.06. The second-order valence-corrected chi connectivity index (χ2v) is 8.62. The minimum Gasteiger partial charge on any atom is -0.379 e. The van der Waals surface area contributed by atoms with Crippen LogP contribution < -0.4 is 10.6 Å². The molecule has 8 nitrogen and oxygen atoms in total. The summed E-state index contributed by atoms with van der Waals surface area (Å²) in [6.45, 7) is 4.91. The van der Waals surface area contributed by atoms with Crippen molar-refractivity contribution in [2.45, 2.75) is 44.2 Å². The Bertz CT molecular complexity index is 874. The van der Waals surface area contributed by atoms with Gasteiger partial charge >= 0.3 is 0 Å². The fourth-order valence-corrected chi connectivity index (χ4v) is 4.74. The first-order chi connectivity index (χ1) is 15.2. The Balaban J connectivity index is 1.34.